The summed E-state index contributed by atoms with van der Waals surface area (Å²) in [6, 6.07) is 7.91. The normalized spacial score (nSPS) is 18.4. The lowest BCUT2D eigenvalue weighted by atomic mass is 9.80. The summed E-state index contributed by atoms with van der Waals surface area (Å²) in [6.45, 7) is 0.0785. The van der Waals surface area contributed by atoms with E-state index >= 15 is 0 Å². The van der Waals surface area contributed by atoms with Crippen LogP contribution in [0.3, 0.4) is 0 Å². The maximum Gasteiger partial charge on any atom is 0.250 e. The van der Waals surface area contributed by atoms with Crippen molar-refractivity contribution in [2.75, 3.05) is 18.0 Å². The molecule has 26 heavy (non-hydrogen) atoms. The Balaban J connectivity index is 1.57. The smallest absolute Gasteiger partial charge is 0.250 e. The fourth-order valence-corrected chi connectivity index (χ4v) is 6.16. The highest BCUT2D eigenvalue weighted by atomic mass is 32.2. The van der Waals surface area contributed by atoms with E-state index in [1.54, 1.807) is 28.5 Å². The third kappa shape index (κ3) is 2.86. The summed E-state index contributed by atoms with van der Waals surface area (Å²) >= 11 is 1.09. The molecule has 0 radical (unpaired) electrons. The monoisotopic (exact) mass is 394 g/mol. The van der Waals surface area contributed by atoms with Gasteiger partial charge in [0.25, 0.3) is 10.0 Å². The van der Waals surface area contributed by atoms with Gasteiger partial charge in [-0.3, -0.25) is 4.79 Å². The SMILES string of the molecule is O=C(CNS(=O)(=O)c1cccs1)N1CC2(CCCC2)c2c(F)cccc21. The van der Waals surface area contributed by atoms with Gasteiger partial charge in [0.2, 0.25) is 5.91 Å². The molecule has 2 aromatic rings. The van der Waals surface area contributed by atoms with Crippen LogP contribution in [0.5, 0.6) is 0 Å². The second-order valence-electron chi connectivity index (χ2n) is 6.86. The first kappa shape index (κ1) is 17.6. The Bertz CT molecular complexity index is 935. The van der Waals surface area contributed by atoms with Crippen molar-refractivity contribution in [3.63, 3.8) is 0 Å². The van der Waals surface area contributed by atoms with Gasteiger partial charge in [0.1, 0.15) is 10.0 Å². The van der Waals surface area contributed by atoms with E-state index in [0.29, 0.717) is 17.8 Å². The molecule has 1 saturated carbocycles. The third-order valence-corrected chi connectivity index (χ3v) is 8.11. The first-order valence-electron chi connectivity index (χ1n) is 8.56. The zero-order valence-electron chi connectivity index (χ0n) is 14.1. The molecule has 1 fully saturated rings. The van der Waals surface area contributed by atoms with Gasteiger partial charge < -0.3 is 4.90 Å². The largest absolute Gasteiger partial charge is 0.310 e. The van der Waals surface area contributed by atoms with E-state index in [9.17, 15) is 17.6 Å². The van der Waals surface area contributed by atoms with E-state index in [-0.39, 0.29) is 27.9 Å². The molecule has 0 bridgehead atoms. The van der Waals surface area contributed by atoms with E-state index < -0.39 is 10.0 Å². The van der Waals surface area contributed by atoms with Crippen LogP contribution < -0.4 is 9.62 Å². The Hall–Kier alpha value is -1.77. The predicted molar refractivity (Wildman–Crippen MR) is 98.4 cm³/mol. The fourth-order valence-electron chi connectivity index (χ4n) is 4.15. The van der Waals surface area contributed by atoms with E-state index in [1.807, 2.05) is 0 Å². The Labute approximate surface area is 155 Å². The van der Waals surface area contributed by atoms with Crippen LogP contribution in [0.4, 0.5) is 10.1 Å². The third-order valence-electron chi connectivity index (χ3n) is 5.31. The van der Waals surface area contributed by atoms with Crippen molar-refractivity contribution in [1.29, 1.82) is 0 Å². The highest BCUT2D eigenvalue weighted by molar-refractivity contribution is 7.91. The molecule has 0 saturated heterocycles. The Morgan fingerprint density at radius 3 is 2.69 bits per heavy atom. The Morgan fingerprint density at radius 1 is 1.23 bits per heavy atom. The molecule has 1 aliphatic heterocycles. The van der Waals surface area contributed by atoms with Crippen LogP contribution in [0, 0.1) is 5.82 Å². The molecule has 4 rings (SSSR count). The van der Waals surface area contributed by atoms with Crippen molar-refractivity contribution in [3.05, 3.63) is 47.1 Å². The van der Waals surface area contributed by atoms with Crippen LogP contribution in [0.1, 0.15) is 31.2 Å². The lowest BCUT2D eigenvalue weighted by Gasteiger charge is -2.25. The Morgan fingerprint density at radius 2 is 2.00 bits per heavy atom. The standard InChI is InChI=1S/C18H19FN2O3S2/c19-13-5-3-6-14-17(13)18(8-1-2-9-18)12-21(14)15(22)11-20-26(23,24)16-7-4-10-25-16/h3-7,10,20H,1-2,8-9,11-12H2. The highest BCUT2D eigenvalue weighted by Crippen LogP contribution is 2.51. The number of amides is 1. The van der Waals surface area contributed by atoms with Crippen LogP contribution >= 0.6 is 11.3 Å². The zero-order chi connectivity index (χ0) is 18.4. The van der Waals surface area contributed by atoms with Gasteiger partial charge in [0.05, 0.1) is 12.2 Å². The summed E-state index contributed by atoms with van der Waals surface area (Å²) < 4.78 is 41.5. The fraction of sp³-hybridized carbons (Fsp3) is 0.389. The lowest BCUT2D eigenvalue weighted by molar-refractivity contribution is -0.117. The second kappa shape index (κ2) is 6.44. The Kier molecular flexibility index (Phi) is 4.37. The number of hydrogen-bond acceptors (Lipinski definition) is 4. The minimum atomic E-state index is -3.71. The molecule has 0 atom stereocenters. The number of benzene rings is 1. The van der Waals surface area contributed by atoms with E-state index in [2.05, 4.69) is 4.72 Å². The van der Waals surface area contributed by atoms with Gasteiger partial charge in [0, 0.05) is 17.5 Å². The maximum atomic E-state index is 14.5. The van der Waals surface area contributed by atoms with Crippen molar-refractivity contribution in [1.82, 2.24) is 4.72 Å². The number of carbonyl (C=O) groups is 1. The molecular formula is C18H19FN2O3S2. The van der Waals surface area contributed by atoms with Gasteiger partial charge in [-0.1, -0.05) is 25.0 Å². The lowest BCUT2D eigenvalue weighted by Crippen LogP contribution is -2.41. The molecule has 1 spiro atoms. The molecule has 2 aliphatic rings. The first-order valence-corrected chi connectivity index (χ1v) is 10.9. The molecule has 5 nitrogen and oxygen atoms in total. The predicted octanol–water partition coefficient (Wildman–Crippen LogP) is 3.02. The summed E-state index contributed by atoms with van der Waals surface area (Å²) in [5.41, 5.74) is 0.863. The number of nitrogens with zero attached hydrogens (tertiary/aromatic N) is 1. The summed E-state index contributed by atoms with van der Waals surface area (Å²) in [5.74, 6) is -0.639. The number of sulfonamides is 1. The average molecular weight is 394 g/mol. The van der Waals surface area contributed by atoms with Crippen molar-refractivity contribution < 1.29 is 17.6 Å². The molecule has 138 valence electrons. The molecule has 1 N–H and O–H groups in total. The van der Waals surface area contributed by atoms with E-state index in [0.717, 1.165) is 37.0 Å². The highest BCUT2D eigenvalue weighted by Gasteiger charge is 2.47. The molecule has 0 unspecified atom stereocenters. The summed E-state index contributed by atoms with van der Waals surface area (Å²) in [7, 11) is -3.71. The van der Waals surface area contributed by atoms with Crippen LogP contribution in [-0.2, 0) is 20.2 Å². The number of thiophene rings is 1. The van der Waals surface area contributed by atoms with Crippen molar-refractivity contribution in [2.24, 2.45) is 0 Å². The van der Waals surface area contributed by atoms with E-state index in [4.69, 9.17) is 0 Å². The van der Waals surface area contributed by atoms with Crippen molar-refractivity contribution in [3.8, 4) is 0 Å². The van der Waals surface area contributed by atoms with Crippen LogP contribution in [0.2, 0.25) is 0 Å². The summed E-state index contributed by atoms with van der Waals surface area (Å²) in [4.78, 5) is 14.3. The molecule has 8 heteroatoms. The quantitative estimate of drug-likeness (QED) is 0.867. The number of nitrogens with one attached hydrogen (secondary N) is 1. The zero-order valence-corrected chi connectivity index (χ0v) is 15.7. The van der Waals surface area contributed by atoms with Gasteiger partial charge >= 0.3 is 0 Å². The van der Waals surface area contributed by atoms with Crippen LogP contribution in [-0.4, -0.2) is 27.4 Å². The van der Waals surface area contributed by atoms with Gasteiger partial charge in [-0.05, 0) is 36.4 Å². The molecule has 2 heterocycles. The number of halogens is 1. The first-order chi connectivity index (χ1) is 12.4. The maximum absolute atomic E-state index is 14.5. The van der Waals surface area contributed by atoms with Gasteiger partial charge in [0.15, 0.2) is 0 Å². The topological polar surface area (TPSA) is 66.5 Å². The number of carbonyl (C=O) groups excluding carboxylic acids is 1. The van der Waals surface area contributed by atoms with E-state index in [1.165, 1.54) is 12.1 Å². The summed E-state index contributed by atoms with van der Waals surface area (Å²) in [5, 5.41) is 1.67. The van der Waals surface area contributed by atoms with Gasteiger partial charge in [-0.25, -0.2) is 17.5 Å². The van der Waals surface area contributed by atoms with Crippen LogP contribution in [0.25, 0.3) is 0 Å². The number of hydrogen-bond donors (Lipinski definition) is 1. The second-order valence-corrected chi connectivity index (χ2v) is 9.80. The number of rotatable bonds is 4. The number of fused-ring (bicyclic) bond motifs is 2. The van der Waals surface area contributed by atoms with Crippen molar-refractivity contribution >= 4 is 33.0 Å². The van der Waals surface area contributed by atoms with Crippen molar-refractivity contribution in [2.45, 2.75) is 35.3 Å². The van der Waals surface area contributed by atoms with Gasteiger partial charge in [-0.2, -0.15) is 0 Å². The van der Waals surface area contributed by atoms with Gasteiger partial charge in [-0.15, -0.1) is 11.3 Å². The number of anilines is 1. The van der Waals surface area contributed by atoms with Crippen LogP contribution in [0.15, 0.2) is 39.9 Å². The molecule has 1 amide bonds. The summed E-state index contributed by atoms with van der Waals surface area (Å²) in [6.07, 6.45) is 3.74. The molecule has 1 aromatic heterocycles. The minimum Gasteiger partial charge on any atom is -0.310 e. The average Bonchev–Trinajstić information content (AvgIpc) is 3.35. The minimum absolute atomic E-state index is 0.172. The molecule has 1 aromatic carbocycles. The molecule has 1 aliphatic carbocycles. The molecular weight excluding hydrogens is 375 g/mol.